The van der Waals surface area contributed by atoms with Gasteiger partial charge in [0.15, 0.2) is 5.84 Å². The molecule has 7 aromatic carbocycles. The van der Waals surface area contributed by atoms with Crippen molar-refractivity contribution >= 4 is 44.2 Å². The summed E-state index contributed by atoms with van der Waals surface area (Å²) in [6.45, 7) is 0.442. The van der Waals surface area contributed by atoms with Crippen LogP contribution in [0.5, 0.6) is 0 Å². The number of amidine groups is 2. The van der Waals surface area contributed by atoms with Crippen molar-refractivity contribution in [3.63, 3.8) is 0 Å². The Bertz CT molecular complexity index is 2430. The lowest BCUT2D eigenvalue weighted by molar-refractivity contribution is 1.06. The summed E-state index contributed by atoms with van der Waals surface area (Å²) in [4.78, 5) is 15.7. The summed E-state index contributed by atoms with van der Waals surface area (Å²) >= 11 is 0. The fraction of sp³-hybridized carbons (Fsp3) is 0.0238. The number of aromatic nitrogens is 2. The molecule has 0 bridgehead atoms. The molecule has 8 aromatic rings. The minimum Gasteiger partial charge on any atom is -0.383 e. The number of nitrogens with two attached hydrogens (primary N) is 1. The monoisotopic (exact) mass is 605 g/mol. The summed E-state index contributed by atoms with van der Waals surface area (Å²) in [5, 5.41) is 4.35. The van der Waals surface area contributed by atoms with Crippen LogP contribution in [-0.2, 0) is 6.54 Å². The molecule has 1 aromatic heterocycles. The molecule has 2 N–H and O–H groups in total. The van der Waals surface area contributed by atoms with Crippen LogP contribution in [0.1, 0.15) is 16.7 Å². The molecule has 0 radical (unpaired) electrons. The third-order valence-electron chi connectivity index (χ3n) is 8.51. The first-order chi connectivity index (χ1) is 23.3. The van der Waals surface area contributed by atoms with Crippen molar-refractivity contribution in [1.82, 2.24) is 9.55 Å². The minimum absolute atomic E-state index is 0.400. The zero-order chi connectivity index (χ0) is 31.6. The molecule has 0 spiro atoms. The Morgan fingerprint density at radius 3 is 1.85 bits per heavy atom. The topological polar surface area (TPSA) is 68.6 Å². The van der Waals surface area contributed by atoms with Gasteiger partial charge in [-0.15, -0.1) is 0 Å². The van der Waals surface area contributed by atoms with E-state index in [0.717, 1.165) is 66.3 Å². The molecule has 0 unspecified atom stereocenters. The molecule has 0 atom stereocenters. The Morgan fingerprint density at radius 2 is 1.13 bits per heavy atom. The minimum atomic E-state index is 0.400. The van der Waals surface area contributed by atoms with Gasteiger partial charge in [0.25, 0.3) is 0 Å². The second kappa shape index (κ2) is 12.2. The van der Waals surface area contributed by atoms with Crippen LogP contribution in [0.4, 0.5) is 0 Å². The van der Waals surface area contributed by atoms with Crippen molar-refractivity contribution in [3.8, 4) is 17.1 Å². The molecule has 224 valence electrons. The number of hydrogen-bond donors (Lipinski definition) is 1. The van der Waals surface area contributed by atoms with Gasteiger partial charge in [-0.05, 0) is 51.4 Å². The SMILES string of the molecule is NC(=NC(=NCc1ccccc1)c1c(-c2nc3ccccc3n2-c2ccccc2)c2ccccc2c2ccccc12)c1ccccc1. The Morgan fingerprint density at radius 1 is 0.574 bits per heavy atom. The highest BCUT2D eigenvalue weighted by Crippen LogP contribution is 2.41. The molecule has 0 saturated heterocycles. The van der Waals surface area contributed by atoms with Crippen LogP contribution in [0.2, 0.25) is 0 Å². The number of hydrogen-bond acceptors (Lipinski definition) is 2. The Balaban J connectivity index is 1.52. The van der Waals surface area contributed by atoms with Crippen LogP contribution in [0.3, 0.4) is 0 Å². The van der Waals surface area contributed by atoms with Crippen molar-refractivity contribution in [1.29, 1.82) is 0 Å². The van der Waals surface area contributed by atoms with Crippen molar-refractivity contribution in [2.24, 2.45) is 15.7 Å². The maximum absolute atomic E-state index is 6.78. The fourth-order valence-electron chi connectivity index (χ4n) is 6.35. The van der Waals surface area contributed by atoms with E-state index in [-0.39, 0.29) is 0 Å². The largest absolute Gasteiger partial charge is 0.383 e. The number of benzene rings is 7. The number of rotatable bonds is 6. The average molecular weight is 606 g/mol. The van der Waals surface area contributed by atoms with Gasteiger partial charge in [-0.1, -0.05) is 140 Å². The molecule has 8 rings (SSSR count). The molecular formula is C42H31N5. The maximum atomic E-state index is 6.78. The molecule has 1 heterocycles. The number of para-hydroxylation sites is 3. The molecule has 5 nitrogen and oxygen atoms in total. The third kappa shape index (κ3) is 5.24. The number of aliphatic imine (C=N–C) groups is 2. The normalized spacial score (nSPS) is 12.3. The van der Waals surface area contributed by atoms with Gasteiger partial charge in [0, 0.05) is 22.4 Å². The molecule has 0 aliphatic heterocycles. The number of nitrogens with zero attached hydrogens (tertiary/aromatic N) is 4. The second-order valence-electron chi connectivity index (χ2n) is 11.4. The van der Waals surface area contributed by atoms with Gasteiger partial charge in [0.2, 0.25) is 0 Å². The number of fused-ring (bicyclic) bond motifs is 4. The predicted octanol–water partition coefficient (Wildman–Crippen LogP) is 9.35. The molecule has 0 fully saturated rings. The zero-order valence-corrected chi connectivity index (χ0v) is 25.7. The van der Waals surface area contributed by atoms with E-state index in [1.54, 1.807) is 0 Å². The molecule has 0 saturated carbocycles. The third-order valence-corrected chi connectivity index (χ3v) is 8.51. The van der Waals surface area contributed by atoms with Crippen LogP contribution in [0.25, 0.3) is 49.7 Å². The molecule has 0 aliphatic rings. The summed E-state index contributed by atoms with van der Waals surface area (Å²) in [6.07, 6.45) is 0. The van der Waals surface area contributed by atoms with Gasteiger partial charge < -0.3 is 5.73 Å². The van der Waals surface area contributed by atoms with Crippen LogP contribution in [0.15, 0.2) is 174 Å². The van der Waals surface area contributed by atoms with E-state index in [1.807, 2.05) is 60.7 Å². The summed E-state index contributed by atoms with van der Waals surface area (Å²) in [5.41, 5.74) is 13.5. The highest BCUT2D eigenvalue weighted by atomic mass is 15.1. The molecule has 0 aliphatic carbocycles. The van der Waals surface area contributed by atoms with E-state index in [0.29, 0.717) is 18.2 Å². The second-order valence-corrected chi connectivity index (χ2v) is 11.4. The van der Waals surface area contributed by atoms with E-state index in [9.17, 15) is 0 Å². The smallest absolute Gasteiger partial charge is 0.158 e. The molecular weight excluding hydrogens is 574 g/mol. The van der Waals surface area contributed by atoms with Crippen LogP contribution >= 0.6 is 0 Å². The first-order valence-corrected chi connectivity index (χ1v) is 15.7. The van der Waals surface area contributed by atoms with Gasteiger partial charge >= 0.3 is 0 Å². The summed E-state index contributed by atoms with van der Waals surface area (Å²) in [7, 11) is 0. The van der Waals surface area contributed by atoms with Gasteiger partial charge in [0.05, 0.1) is 17.6 Å². The fourth-order valence-corrected chi connectivity index (χ4v) is 6.35. The molecule has 47 heavy (non-hydrogen) atoms. The lowest BCUT2D eigenvalue weighted by Crippen LogP contribution is -2.17. The first-order valence-electron chi connectivity index (χ1n) is 15.7. The standard InChI is InChI=1S/C42H31N5/c43-40(30-18-6-2-7-19-30)46-41(44-28-29-16-4-1-5-17-29)38-34-24-12-10-22-32(34)33-23-11-13-25-35(33)39(38)42-45-36-26-14-15-27-37(36)47(42)31-20-8-3-9-21-31/h1-27H,28H2,(H2,43,44,46). The highest BCUT2D eigenvalue weighted by molar-refractivity contribution is 6.27. The van der Waals surface area contributed by atoms with E-state index >= 15 is 0 Å². The lowest BCUT2D eigenvalue weighted by atomic mass is 9.90. The van der Waals surface area contributed by atoms with Gasteiger partial charge in [-0.3, -0.25) is 9.56 Å². The predicted molar refractivity (Wildman–Crippen MR) is 195 cm³/mol. The van der Waals surface area contributed by atoms with Crippen LogP contribution < -0.4 is 5.73 Å². The molecule has 0 amide bonds. The van der Waals surface area contributed by atoms with E-state index in [1.165, 1.54) is 0 Å². The van der Waals surface area contributed by atoms with Crippen molar-refractivity contribution in [2.45, 2.75) is 6.54 Å². The lowest BCUT2D eigenvalue weighted by Gasteiger charge is -2.19. The first kappa shape index (κ1) is 28.2. The number of imidazole rings is 1. The van der Waals surface area contributed by atoms with Crippen molar-refractivity contribution in [3.05, 3.63) is 180 Å². The van der Waals surface area contributed by atoms with Crippen molar-refractivity contribution < 1.29 is 0 Å². The van der Waals surface area contributed by atoms with Crippen LogP contribution in [-0.4, -0.2) is 21.2 Å². The quantitative estimate of drug-likeness (QED) is 0.117. The van der Waals surface area contributed by atoms with Crippen LogP contribution in [0, 0.1) is 0 Å². The van der Waals surface area contributed by atoms with Gasteiger partial charge in [-0.2, -0.15) is 0 Å². The van der Waals surface area contributed by atoms with E-state index in [2.05, 4.69) is 108 Å². The summed E-state index contributed by atoms with van der Waals surface area (Å²) in [5.74, 6) is 1.77. The average Bonchev–Trinajstić information content (AvgIpc) is 3.53. The Labute approximate surface area is 273 Å². The molecule has 5 heteroatoms. The van der Waals surface area contributed by atoms with Gasteiger partial charge in [0.1, 0.15) is 11.7 Å². The summed E-state index contributed by atoms with van der Waals surface area (Å²) in [6, 6.07) is 55.8. The maximum Gasteiger partial charge on any atom is 0.158 e. The Hall–Kier alpha value is -6.33. The highest BCUT2D eigenvalue weighted by Gasteiger charge is 2.25. The van der Waals surface area contributed by atoms with E-state index < -0.39 is 0 Å². The van der Waals surface area contributed by atoms with Crippen molar-refractivity contribution in [2.75, 3.05) is 0 Å². The zero-order valence-electron chi connectivity index (χ0n) is 25.7. The Kier molecular flexibility index (Phi) is 7.32. The summed E-state index contributed by atoms with van der Waals surface area (Å²) < 4.78 is 2.24. The van der Waals surface area contributed by atoms with Gasteiger partial charge in [-0.25, -0.2) is 9.98 Å². The van der Waals surface area contributed by atoms with E-state index in [4.69, 9.17) is 20.7 Å².